The van der Waals surface area contributed by atoms with E-state index in [4.69, 9.17) is 4.74 Å². The number of hydrogen-bond acceptors (Lipinski definition) is 4. The minimum atomic E-state index is -0.439. The summed E-state index contributed by atoms with van der Waals surface area (Å²) < 4.78 is 4.89. The van der Waals surface area contributed by atoms with Crippen LogP contribution >= 0.6 is 11.3 Å². The molecule has 0 bridgehead atoms. The number of rotatable bonds is 4. The van der Waals surface area contributed by atoms with E-state index in [1.165, 1.54) is 11.3 Å². The molecule has 5 heteroatoms. The third kappa shape index (κ3) is 3.66. The van der Waals surface area contributed by atoms with Crippen LogP contribution in [0.1, 0.15) is 29.1 Å². The van der Waals surface area contributed by atoms with Crippen LogP contribution in [-0.4, -0.2) is 24.5 Å². The Kier molecular flexibility index (Phi) is 4.49. The molecule has 0 aromatic carbocycles. The van der Waals surface area contributed by atoms with Crippen LogP contribution in [0.15, 0.2) is 11.4 Å². The first-order chi connectivity index (χ1) is 7.50. The number of thiophene rings is 1. The zero-order valence-corrected chi connectivity index (χ0v) is 10.4. The predicted octanol–water partition coefficient (Wildman–Crippen LogP) is 1.74. The lowest BCUT2D eigenvalue weighted by Gasteiger charge is -2.08. The first-order valence-corrected chi connectivity index (χ1v) is 5.89. The van der Waals surface area contributed by atoms with Gasteiger partial charge in [-0.2, -0.15) is 0 Å². The Balaban J connectivity index is 2.42. The van der Waals surface area contributed by atoms with Gasteiger partial charge in [-0.1, -0.05) is 0 Å². The summed E-state index contributed by atoms with van der Waals surface area (Å²) in [5.41, 5.74) is 0.874. The Hall–Kier alpha value is -1.36. The number of nitrogens with one attached hydrogen (secondary N) is 1. The van der Waals surface area contributed by atoms with Gasteiger partial charge in [-0.3, -0.25) is 4.79 Å². The molecule has 88 valence electrons. The minimum Gasteiger partial charge on any atom is -0.451 e. The maximum absolute atomic E-state index is 11.5. The van der Waals surface area contributed by atoms with E-state index in [0.29, 0.717) is 4.88 Å². The van der Waals surface area contributed by atoms with Crippen LogP contribution in [0.3, 0.4) is 0 Å². The van der Waals surface area contributed by atoms with Crippen LogP contribution in [0, 0.1) is 6.92 Å². The number of carbonyl (C=O) groups excluding carboxylic acids is 2. The van der Waals surface area contributed by atoms with Crippen LogP contribution < -0.4 is 5.32 Å². The summed E-state index contributed by atoms with van der Waals surface area (Å²) in [4.78, 5) is 23.3. The lowest BCUT2D eigenvalue weighted by molar-refractivity contribution is -0.124. The van der Waals surface area contributed by atoms with E-state index in [0.717, 1.165) is 5.56 Å². The molecule has 0 radical (unpaired) electrons. The van der Waals surface area contributed by atoms with E-state index in [-0.39, 0.29) is 18.6 Å². The third-order valence-corrected chi connectivity index (χ3v) is 2.83. The van der Waals surface area contributed by atoms with Crippen LogP contribution in [0.2, 0.25) is 0 Å². The van der Waals surface area contributed by atoms with Crippen LogP contribution in [0.4, 0.5) is 0 Å². The fourth-order valence-corrected chi connectivity index (χ4v) is 1.96. The van der Waals surface area contributed by atoms with Crippen molar-refractivity contribution < 1.29 is 14.3 Å². The highest BCUT2D eigenvalue weighted by molar-refractivity contribution is 7.12. The molecule has 0 atom stereocenters. The Bertz CT molecular complexity index is 384. The Labute approximate surface area is 98.6 Å². The number of amides is 1. The Morgan fingerprint density at radius 2 is 2.19 bits per heavy atom. The highest BCUT2D eigenvalue weighted by Crippen LogP contribution is 2.16. The van der Waals surface area contributed by atoms with Crippen molar-refractivity contribution >= 4 is 23.2 Å². The average molecular weight is 241 g/mol. The zero-order chi connectivity index (χ0) is 12.1. The maximum atomic E-state index is 11.5. The number of aryl methyl sites for hydroxylation is 1. The smallest absolute Gasteiger partial charge is 0.349 e. The monoisotopic (exact) mass is 241 g/mol. The molecule has 1 amide bonds. The summed E-state index contributed by atoms with van der Waals surface area (Å²) >= 11 is 1.32. The van der Waals surface area contributed by atoms with Gasteiger partial charge in [-0.15, -0.1) is 11.3 Å². The number of ether oxygens (including phenoxy) is 1. The lowest BCUT2D eigenvalue weighted by atomic mass is 10.3. The van der Waals surface area contributed by atoms with Crippen molar-refractivity contribution in [2.45, 2.75) is 26.8 Å². The fourth-order valence-electron chi connectivity index (χ4n) is 1.14. The summed E-state index contributed by atoms with van der Waals surface area (Å²) in [7, 11) is 0. The summed E-state index contributed by atoms with van der Waals surface area (Å²) in [6.07, 6.45) is 0. The first-order valence-electron chi connectivity index (χ1n) is 5.01. The first kappa shape index (κ1) is 12.7. The zero-order valence-electron chi connectivity index (χ0n) is 9.57. The van der Waals surface area contributed by atoms with Gasteiger partial charge in [-0.05, 0) is 37.8 Å². The molecule has 16 heavy (non-hydrogen) atoms. The number of hydrogen-bond donors (Lipinski definition) is 1. The summed E-state index contributed by atoms with van der Waals surface area (Å²) in [6.45, 7) is 5.31. The van der Waals surface area contributed by atoms with Gasteiger partial charge in [0, 0.05) is 6.04 Å². The molecule has 0 saturated carbocycles. The quantitative estimate of drug-likeness (QED) is 0.817. The molecule has 4 nitrogen and oxygen atoms in total. The van der Waals surface area contributed by atoms with Gasteiger partial charge < -0.3 is 10.1 Å². The molecule has 1 heterocycles. The van der Waals surface area contributed by atoms with Crippen molar-refractivity contribution in [3.05, 3.63) is 21.9 Å². The second-order valence-electron chi connectivity index (χ2n) is 3.73. The lowest BCUT2D eigenvalue weighted by Crippen LogP contribution is -2.33. The van der Waals surface area contributed by atoms with Crippen LogP contribution in [0.5, 0.6) is 0 Å². The molecule has 0 unspecified atom stereocenters. The normalized spacial score (nSPS) is 10.2. The van der Waals surface area contributed by atoms with Crippen molar-refractivity contribution in [2.24, 2.45) is 0 Å². The molecule has 1 aromatic rings. The molecule has 0 spiro atoms. The number of carbonyl (C=O) groups is 2. The van der Waals surface area contributed by atoms with Gasteiger partial charge in [0.2, 0.25) is 0 Å². The Morgan fingerprint density at radius 3 is 2.69 bits per heavy atom. The van der Waals surface area contributed by atoms with Gasteiger partial charge in [0.05, 0.1) is 0 Å². The van der Waals surface area contributed by atoms with E-state index in [1.807, 2.05) is 32.2 Å². The second kappa shape index (κ2) is 5.65. The van der Waals surface area contributed by atoms with Crippen molar-refractivity contribution in [1.82, 2.24) is 5.32 Å². The predicted molar refractivity (Wildman–Crippen MR) is 62.6 cm³/mol. The maximum Gasteiger partial charge on any atom is 0.349 e. The summed E-state index contributed by atoms with van der Waals surface area (Å²) in [6, 6.07) is 1.89. The molecule has 0 fully saturated rings. The van der Waals surface area contributed by atoms with E-state index in [9.17, 15) is 9.59 Å². The molecular formula is C11H15NO3S. The van der Waals surface area contributed by atoms with Gasteiger partial charge >= 0.3 is 5.97 Å². The van der Waals surface area contributed by atoms with Crippen LogP contribution in [-0.2, 0) is 9.53 Å². The molecule has 0 aliphatic heterocycles. The average Bonchev–Trinajstić information content (AvgIpc) is 2.60. The van der Waals surface area contributed by atoms with E-state index in [2.05, 4.69) is 5.32 Å². The largest absolute Gasteiger partial charge is 0.451 e. The van der Waals surface area contributed by atoms with Crippen molar-refractivity contribution in [2.75, 3.05) is 6.61 Å². The van der Waals surface area contributed by atoms with E-state index >= 15 is 0 Å². The molecule has 0 aliphatic rings. The molecule has 1 aromatic heterocycles. The molecule has 1 rings (SSSR count). The SMILES string of the molecule is Cc1ccsc1C(=O)OCC(=O)NC(C)C. The minimum absolute atomic E-state index is 0.0506. The molecule has 1 N–H and O–H groups in total. The highest BCUT2D eigenvalue weighted by atomic mass is 32.1. The van der Waals surface area contributed by atoms with Crippen molar-refractivity contribution in [1.29, 1.82) is 0 Å². The molecule has 0 aliphatic carbocycles. The molecule has 0 saturated heterocycles. The third-order valence-electron chi connectivity index (χ3n) is 1.83. The second-order valence-corrected chi connectivity index (χ2v) is 4.65. The summed E-state index contributed by atoms with van der Waals surface area (Å²) in [5.74, 6) is -0.719. The van der Waals surface area contributed by atoms with E-state index in [1.54, 1.807) is 0 Å². The summed E-state index contributed by atoms with van der Waals surface area (Å²) in [5, 5.41) is 4.46. The van der Waals surface area contributed by atoms with Crippen molar-refractivity contribution in [3.63, 3.8) is 0 Å². The van der Waals surface area contributed by atoms with Gasteiger partial charge in [0.25, 0.3) is 5.91 Å². The van der Waals surface area contributed by atoms with Crippen molar-refractivity contribution in [3.8, 4) is 0 Å². The fraction of sp³-hybridized carbons (Fsp3) is 0.455. The topological polar surface area (TPSA) is 55.4 Å². The van der Waals surface area contributed by atoms with E-state index < -0.39 is 5.97 Å². The number of esters is 1. The van der Waals surface area contributed by atoms with Crippen LogP contribution in [0.25, 0.3) is 0 Å². The molecular weight excluding hydrogens is 226 g/mol. The highest BCUT2D eigenvalue weighted by Gasteiger charge is 2.13. The Morgan fingerprint density at radius 1 is 1.50 bits per heavy atom. The van der Waals surface area contributed by atoms with Gasteiger partial charge in [0.1, 0.15) is 4.88 Å². The van der Waals surface area contributed by atoms with Gasteiger partial charge in [-0.25, -0.2) is 4.79 Å². The van der Waals surface area contributed by atoms with Gasteiger partial charge in [0.15, 0.2) is 6.61 Å². The standard InChI is InChI=1S/C11H15NO3S/c1-7(2)12-9(13)6-15-11(14)10-8(3)4-5-16-10/h4-5,7H,6H2,1-3H3,(H,12,13).